The van der Waals surface area contributed by atoms with E-state index in [9.17, 15) is 4.79 Å². The fourth-order valence-corrected chi connectivity index (χ4v) is 3.71. The van der Waals surface area contributed by atoms with Crippen molar-refractivity contribution in [2.45, 2.75) is 13.5 Å². The zero-order chi connectivity index (χ0) is 19.7. The second kappa shape index (κ2) is 7.94. The van der Waals surface area contributed by atoms with Crippen LogP contribution in [0.2, 0.25) is 0 Å². The number of fused-ring (bicyclic) bond motifs is 1. The summed E-state index contributed by atoms with van der Waals surface area (Å²) in [5.41, 5.74) is 3.38. The Bertz CT molecular complexity index is 1090. The first-order chi connectivity index (χ1) is 13.5. The molecule has 4 rings (SSSR count). The summed E-state index contributed by atoms with van der Waals surface area (Å²) in [4.78, 5) is 12.8. The Morgan fingerprint density at radius 3 is 2.54 bits per heavy atom. The molecule has 28 heavy (non-hydrogen) atoms. The van der Waals surface area contributed by atoms with Crippen molar-refractivity contribution in [3.63, 3.8) is 0 Å². The Labute approximate surface area is 180 Å². The summed E-state index contributed by atoms with van der Waals surface area (Å²) in [5.74, 6) is 1.42. The third-order valence-electron chi connectivity index (χ3n) is 4.45. The molecule has 1 heterocycles. The predicted octanol–water partition coefficient (Wildman–Crippen LogP) is 6.72. The highest BCUT2D eigenvalue weighted by Gasteiger charge is 2.30. The fraction of sp³-hybridized carbons (Fsp3) is 0.0870. The number of hydrogen-bond acceptors (Lipinski definition) is 3. The minimum absolute atomic E-state index is 0.109. The molecule has 0 saturated heterocycles. The minimum atomic E-state index is -0.109. The Hall–Kier alpha value is -2.37. The quantitative estimate of drug-likeness (QED) is 0.374. The van der Waals surface area contributed by atoms with E-state index in [1.54, 1.807) is 12.1 Å². The number of carbonyl (C=O) groups excluding carboxylic acids is 1. The normalized spacial score (nSPS) is 14.1. The highest BCUT2D eigenvalue weighted by molar-refractivity contribution is 9.10. The van der Waals surface area contributed by atoms with Gasteiger partial charge in [0.1, 0.15) is 18.1 Å². The summed E-state index contributed by atoms with van der Waals surface area (Å²) < 4.78 is 13.7. The molecule has 0 spiro atoms. The molecular weight excluding hydrogens is 484 g/mol. The number of allylic oxidation sites excluding steroid dienone is 1. The van der Waals surface area contributed by atoms with E-state index in [1.807, 2.05) is 61.5 Å². The smallest absolute Gasteiger partial charge is 0.232 e. The summed E-state index contributed by atoms with van der Waals surface area (Å²) in [7, 11) is 0. The van der Waals surface area contributed by atoms with Crippen molar-refractivity contribution in [2.24, 2.45) is 0 Å². The number of Topliss-reactive ketones (excluding diaryl/α,β-unsaturated/α-hetero) is 1. The number of benzene rings is 3. The molecule has 0 amide bonds. The maximum absolute atomic E-state index is 12.8. The van der Waals surface area contributed by atoms with E-state index in [1.165, 1.54) is 0 Å². The topological polar surface area (TPSA) is 35.5 Å². The maximum atomic E-state index is 12.8. The maximum Gasteiger partial charge on any atom is 0.232 e. The largest absolute Gasteiger partial charge is 0.489 e. The Kier molecular flexibility index (Phi) is 5.38. The van der Waals surface area contributed by atoms with Crippen LogP contribution in [0.25, 0.3) is 6.08 Å². The van der Waals surface area contributed by atoms with Gasteiger partial charge in [0, 0.05) is 15.0 Å². The fourth-order valence-electron chi connectivity index (χ4n) is 3.04. The Balaban J connectivity index is 1.57. The number of rotatable bonds is 4. The van der Waals surface area contributed by atoms with E-state index in [0.717, 1.165) is 25.6 Å². The van der Waals surface area contributed by atoms with Gasteiger partial charge in [-0.25, -0.2) is 0 Å². The van der Waals surface area contributed by atoms with Crippen molar-refractivity contribution >= 4 is 43.7 Å². The molecule has 3 aromatic rings. The van der Waals surface area contributed by atoms with Crippen molar-refractivity contribution in [1.82, 2.24) is 0 Å². The summed E-state index contributed by atoms with van der Waals surface area (Å²) in [5, 5.41) is 0. The van der Waals surface area contributed by atoms with Gasteiger partial charge in [-0.15, -0.1) is 0 Å². The van der Waals surface area contributed by atoms with Gasteiger partial charge in [-0.3, -0.25) is 4.79 Å². The second-order valence-corrected chi connectivity index (χ2v) is 8.26. The molecule has 1 aliphatic heterocycles. The van der Waals surface area contributed by atoms with Gasteiger partial charge >= 0.3 is 0 Å². The van der Waals surface area contributed by atoms with E-state index in [0.29, 0.717) is 29.4 Å². The molecule has 0 fully saturated rings. The van der Waals surface area contributed by atoms with E-state index < -0.39 is 0 Å². The average Bonchev–Trinajstić information content (AvgIpc) is 2.99. The second-order valence-electron chi connectivity index (χ2n) is 6.49. The molecule has 0 bridgehead atoms. The lowest BCUT2D eigenvalue weighted by Crippen LogP contribution is -2.00. The van der Waals surface area contributed by atoms with Crippen molar-refractivity contribution in [2.75, 3.05) is 0 Å². The van der Waals surface area contributed by atoms with E-state index >= 15 is 0 Å². The molecule has 0 atom stereocenters. The molecule has 3 aromatic carbocycles. The van der Waals surface area contributed by atoms with E-state index in [4.69, 9.17) is 9.47 Å². The monoisotopic (exact) mass is 498 g/mol. The number of carbonyl (C=O) groups is 1. The van der Waals surface area contributed by atoms with Crippen LogP contribution >= 0.6 is 31.9 Å². The first-order valence-electron chi connectivity index (χ1n) is 8.72. The summed E-state index contributed by atoms with van der Waals surface area (Å²) in [6.45, 7) is 2.34. The highest BCUT2D eigenvalue weighted by Crippen LogP contribution is 2.38. The lowest BCUT2D eigenvalue weighted by molar-refractivity contribution is 0.101. The number of halogens is 2. The number of aryl methyl sites for hydroxylation is 1. The molecule has 0 aliphatic carbocycles. The van der Waals surface area contributed by atoms with E-state index in [2.05, 4.69) is 31.9 Å². The average molecular weight is 500 g/mol. The van der Waals surface area contributed by atoms with Gasteiger partial charge in [-0.05, 0) is 54.0 Å². The van der Waals surface area contributed by atoms with Crippen molar-refractivity contribution in [1.29, 1.82) is 0 Å². The van der Waals surface area contributed by atoms with Crippen molar-refractivity contribution in [3.8, 4) is 11.5 Å². The Morgan fingerprint density at radius 1 is 1.04 bits per heavy atom. The molecule has 0 unspecified atom stereocenters. The predicted molar refractivity (Wildman–Crippen MR) is 117 cm³/mol. The van der Waals surface area contributed by atoms with Crippen LogP contribution in [-0.4, -0.2) is 5.78 Å². The number of hydrogen-bond donors (Lipinski definition) is 0. The summed E-state index contributed by atoms with van der Waals surface area (Å²) in [6, 6.07) is 19.3. The minimum Gasteiger partial charge on any atom is -0.489 e. The molecule has 0 aromatic heterocycles. The van der Waals surface area contributed by atoms with Gasteiger partial charge in [-0.2, -0.15) is 0 Å². The zero-order valence-corrected chi connectivity index (χ0v) is 18.2. The third-order valence-corrected chi connectivity index (χ3v) is 5.71. The Morgan fingerprint density at radius 2 is 1.79 bits per heavy atom. The van der Waals surface area contributed by atoms with Gasteiger partial charge in [0.25, 0.3) is 0 Å². The van der Waals surface area contributed by atoms with Crippen LogP contribution in [0.5, 0.6) is 11.5 Å². The van der Waals surface area contributed by atoms with Gasteiger partial charge in [-0.1, -0.05) is 62.2 Å². The standard InChI is InChI=1S/C23H16Br2O3/c1-14-10-18(27-13-15-6-8-17(24)9-7-15)12-20-22(14)23(26)21(28-20)11-16-4-2-3-5-19(16)25/h2-12H,13H2,1H3/b21-11-. The van der Waals surface area contributed by atoms with Crippen LogP contribution < -0.4 is 9.47 Å². The van der Waals surface area contributed by atoms with Gasteiger partial charge in [0.2, 0.25) is 5.78 Å². The van der Waals surface area contributed by atoms with Crippen LogP contribution in [0.3, 0.4) is 0 Å². The van der Waals surface area contributed by atoms with Crippen LogP contribution in [0.4, 0.5) is 0 Å². The van der Waals surface area contributed by atoms with Gasteiger partial charge < -0.3 is 9.47 Å². The van der Waals surface area contributed by atoms with Gasteiger partial charge in [0.05, 0.1) is 5.56 Å². The van der Waals surface area contributed by atoms with Crippen LogP contribution in [-0.2, 0) is 6.61 Å². The van der Waals surface area contributed by atoms with E-state index in [-0.39, 0.29) is 5.78 Å². The lowest BCUT2D eigenvalue weighted by Gasteiger charge is -2.09. The van der Waals surface area contributed by atoms with Crippen LogP contribution in [0.15, 0.2) is 75.4 Å². The number of ether oxygens (including phenoxy) is 2. The highest BCUT2D eigenvalue weighted by atomic mass is 79.9. The molecule has 1 aliphatic rings. The van der Waals surface area contributed by atoms with Gasteiger partial charge in [0.15, 0.2) is 5.76 Å². The molecule has 0 N–H and O–H groups in total. The SMILES string of the molecule is Cc1cc(OCc2ccc(Br)cc2)cc2c1C(=O)/C(=C/c1ccccc1Br)O2. The van der Waals surface area contributed by atoms with Crippen LogP contribution in [0.1, 0.15) is 27.0 Å². The van der Waals surface area contributed by atoms with Crippen molar-refractivity contribution < 1.29 is 14.3 Å². The zero-order valence-electron chi connectivity index (χ0n) is 15.0. The summed E-state index contributed by atoms with van der Waals surface area (Å²) in [6.07, 6.45) is 1.76. The molecule has 5 heteroatoms. The van der Waals surface area contributed by atoms with Crippen LogP contribution in [0, 0.1) is 6.92 Å². The molecule has 0 radical (unpaired) electrons. The molecule has 140 valence electrons. The first kappa shape index (κ1) is 19.0. The third kappa shape index (κ3) is 3.91. The first-order valence-corrected chi connectivity index (χ1v) is 10.3. The molecule has 0 saturated carbocycles. The number of ketones is 1. The molecular formula is C23H16Br2O3. The van der Waals surface area contributed by atoms with Crippen molar-refractivity contribution in [3.05, 3.63) is 97.6 Å². The summed E-state index contributed by atoms with van der Waals surface area (Å²) >= 11 is 6.92. The lowest BCUT2D eigenvalue weighted by atomic mass is 10.0. The molecule has 3 nitrogen and oxygen atoms in total.